The van der Waals surface area contributed by atoms with Crippen molar-refractivity contribution in [1.82, 2.24) is 19.9 Å². The van der Waals surface area contributed by atoms with Gasteiger partial charge >= 0.3 is 5.97 Å². The van der Waals surface area contributed by atoms with Crippen molar-refractivity contribution in [2.45, 2.75) is 26.9 Å². The number of nitrogen functional groups attached to an aromatic ring is 1. The summed E-state index contributed by atoms with van der Waals surface area (Å²) in [6, 6.07) is 5.67. The number of esters is 1. The average molecular weight is 431 g/mol. The molecule has 4 N–H and O–H groups in total. The number of hydrogen-bond donors (Lipinski definition) is 3. The Kier molecular flexibility index (Phi) is 7.07. The zero-order chi connectivity index (χ0) is 21.5. The van der Waals surface area contributed by atoms with E-state index in [1.54, 1.807) is 5.38 Å². The van der Waals surface area contributed by atoms with Crippen LogP contribution in [0.3, 0.4) is 0 Å². The molecule has 0 saturated heterocycles. The van der Waals surface area contributed by atoms with Crippen molar-refractivity contribution in [3.8, 4) is 0 Å². The number of nitrogens with one attached hydrogen (secondary N) is 2. The van der Waals surface area contributed by atoms with Crippen molar-refractivity contribution < 1.29 is 13.9 Å². The van der Waals surface area contributed by atoms with Crippen LogP contribution in [-0.2, 0) is 11.3 Å². The molecule has 11 heteroatoms. The third-order valence-electron chi connectivity index (χ3n) is 3.84. The lowest BCUT2D eigenvalue weighted by atomic mass is 10.1. The molecule has 158 valence electrons. The van der Waals surface area contributed by atoms with Crippen LogP contribution in [-0.4, -0.2) is 32.4 Å². The second kappa shape index (κ2) is 9.92. The number of anilines is 4. The molecule has 3 rings (SSSR count). The highest BCUT2D eigenvalue weighted by molar-refractivity contribution is 7.13. The van der Waals surface area contributed by atoms with E-state index in [4.69, 9.17) is 10.5 Å². The molecule has 0 aliphatic carbocycles. The molecule has 2 aromatic heterocycles. The summed E-state index contributed by atoms with van der Waals surface area (Å²) in [5.74, 6) is -0.0710. The minimum Gasteiger partial charge on any atom is -0.453 e. The number of nitrogens with two attached hydrogens (primary N) is 1. The molecule has 30 heavy (non-hydrogen) atoms. The molecular formula is C19H22FN7O2S. The first-order valence-electron chi connectivity index (χ1n) is 9.28. The van der Waals surface area contributed by atoms with Crippen LogP contribution in [0.1, 0.15) is 36.6 Å². The molecule has 2 heterocycles. The smallest absolute Gasteiger partial charge is 0.358 e. The summed E-state index contributed by atoms with van der Waals surface area (Å²) in [5, 5.41) is 8.37. The van der Waals surface area contributed by atoms with Gasteiger partial charge in [-0.2, -0.15) is 15.0 Å². The normalized spacial score (nSPS) is 10.8. The summed E-state index contributed by atoms with van der Waals surface area (Å²) in [5.41, 5.74) is 6.49. The first kappa shape index (κ1) is 21.4. The maximum absolute atomic E-state index is 13.0. The topological polar surface area (TPSA) is 128 Å². The summed E-state index contributed by atoms with van der Waals surface area (Å²) in [7, 11) is 0. The van der Waals surface area contributed by atoms with E-state index >= 15 is 0 Å². The third-order valence-corrected chi connectivity index (χ3v) is 4.64. The van der Waals surface area contributed by atoms with E-state index in [2.05, 4.69) is 44.4 Å². The van der Waals surface area contributed by atoms with E-state index in [0.717, 1.165) is 13.0 Å². The van der Waals surface area contributed by atoms with Crippen LogP contribution < -0.4 is 16.4 Å². The van der Waals surface area contributed by atoms with E-state index < -0.39 is 5.97 Å². The lowest BCUT2D eigenvalue weighted by Crippen LogP contribution is -2.11. The molecule has 0 fully saturated rings. The number of ether oxygens (including phenoxy) is 1. The molecule has 0 spiro atoms. The zero-order valence-corrected chi connectivity index (χ0v) is 17.4. The first-order chi connectivity index (χ1) is 14.4. The van der Waals surface area contributed by atoms with Crippen LogP contribution in [0.25, 0.3) is 0 Å². The van der Waals surface area contributed by atoms with E-state index in [1.807, 2.05) is 0 Å². The van der Waals surface area contributed by atoms with E-state index in [0.29, 0.717) is 16.7 Å². The zero-order valence-electron chi connectivity index (χ0n) is 16.6. The molecule has 0 bridgehead atoms. The van der Waals surface area contributed by atoms with Crippen molar-refractivity contribution in [1.29, 1.82) is 0 Å². The quantitative estimate of drug-likeness (QED) is 0.435. The van der Waals surface area contributed by atoms with Gasteiger partial charge < -0.3 is 21.1 Å². The minimum atomic E-state index is -0.588. The predicted molar refractivity (Wildman–Crippen MR) is 113 cm³/mol. The van der Waals surface area contributed by atoms with Crippen LogP contribution in [0.5, 0.6) is 0 Å². The number of thiazole rings is 1. The standard InChI is InChI=1S/C19H22FN7O2S/c1-11(2)7-8-22-19-24-14(10-30-19)16(28)29-9-15-25-17(21)27-18(26-15)23-13-5-3-12(20)4-6-13/h3-6,10-11H,7-9H2,1-2H3,(H,22,24)(H3,21,23,25,26,27). The van der Waals surface area contributed by atoms with Crippen molar-refractivity contribution in [2.75, 3.05) is 22.9 Å². The van der Waals surface area contributed by atoms with Crippen molar-refractivity contribution in [3.63, 3.8) is 0 Å². The molecule has 0 atom stereocenters. The molecule has 0 amide bonds. The second-order valence-corrected chi connectivity index (χ2v) is 7.65. The monoisotopic (exact) mass is 431 g/mol. The molecule has 0 aliphatic heterocycles. The number of rotatable bonds is 9. The number of carbonyl (C=O) groups is 1. The molecular weight excluding hydrogens is 409 g/mol. The van der Waals surface area contributed by atoms with Gasteiger partial charge in [0.15, 0.2) is 23.3 Å². The minimum absolute atomic E-state index is 0.0362. The number of benzene rings is 1. The Balaban J connectivity index is 1.57. The van der Waals surface area contributed by atoms with Gasteiger partial charge in [0.05, 0.1) is 0 Å². The first-order valence-corrected chi connectivity index (χ1v) is 10.2. The summed E-state index contributed by atoms with van der Waals surface area (Å²) in [6.07, 6.45) is 1.01. The Morgan fingerprint density at radius 1 is 1.20 bits per heavy atom. The van der Waals surface area contributed by atoms with Gasteiger partial charge in [0, 0.05) is 17.6 Å². The third kappa shape index (κ3) is 6.34. The fourth-order valence-electron chi connectivity index (χ4n) is 2.34. The summed E-state index contributed by atoms with van der Waals surface area (Å²) < 4.78 is 18.3. The lowest BCUT2D eigenvalue weighted by molar-refractivity contribution is 0.0456. The van der Waals surface area contributed by atoms with E-state index in [1.165, 1.54) is 35.6 Å². The van der Waals surface area contributed by atoms with Crippen LogP contribution in [0.15, 0.2) is 29.6 Å². The van der Waals surface area contributed by atoms with Crippen LogP contribution in [0.4, 0.5) is 27.1 Å². The van der Waals surface area contributed by atoms with Crippen LogP contribution in [0.2, 0.25) is 0 Å². The molecule has 9 nitrogen and oxygen atoms in total. The van der Waals surface area contributed by atoms with E-state index in [-0.39, 0.29) is 35.8 Å². The average Bonchev–Trinajstić information content (AvgIpc) is 3.16. The maximum Gasteiger partial charge on any atom is 0.358 e. The Morgan fingerprint density at radius 2 is 1.97 bits per heavy atom. The molecule has 0 aliphatic rings. The van der Waals surface area contributed by atoms with Gasteiger partial charge in [-0.05, 0) is 36.6 Å². The molecule has 0 saturated carbocycles. The number of aromatic nitrogens is 4. The Labute approximate surface area is 176 Å². The van der Waals surface area contributed by atoms with Crippen molar-refractivity contribution >= 4 is 40.0 Å². The Bertz CT molecular complexity index is 995. The number of hydrogen-bond acceptors (Lipinski definition) is 10. The Morgan fingerprint density at radius 3 is 2.70 bits per heavy atom. The van der Waals surface area contributed by atoms with Crippen LogP contribution in [0, 0.1) is 11.7 Å². The fraction of sp³-hybridized carbons (Fsp3) is 0.316. The lowest BCUT2D eigenvalue weighted by Gasteiger charge is -2.07. The highest BCUT2D eigenvalue weighted by Crippen LogP contribution is 2.18. The molecule has 0 unspecified atom stereocenters. The summed E-state index contributed by atoms with van der Waals surface area (Å²) >= 11 is 1.34. The van der Waals surface area contributed by atoms with Gasteiger partial charge in [0.25, 0.3) is 0 Å². The van der Waals surface area contributed by atoms with Gasteiger partial charge in [0.2, 0.25) is 11.9 Å². The second-order valence-electron chi connectivity index (χ2n) is 6.79. The van der Waals surface area contributed by atoms with Crippen LogP contribution >= 0.6 is 11.3 Å². The fourth-order valence-corrected chi connectivity index (χ4v) is 3.05. The van der Waals surface area contributed by atoms with Crippen molar-refractivity contribution in [2.24, 2.45) is 5.92 Å². The van der Waals surface area contributed by atoms with E-state index in [9.17, 15) is 9.18 Å². The summed E-state index contributed by atoms with van der Waals surface area (Å²) in [4.78, 5) is 28.6. The Hall–Kier alpha value is -3.34. The molecule has 3 aromatic rings. The predicted octanol–water partition coefficient (Wildman–Crippen LogP) is 3.61. The summed E-state index contributed by atoms with van der Waals surface area (Å²) in [6.45, 7) is 4.87. The number of nitrogens with zero attached hydrogens (tertiary/aromatic N) is 4. The van der Waals surface area contributed by atoms with Gasteiger partial charge in [-0.3, -0.25) is 0 Å². The number of carbonyl (C=O) groups excluding carboxylic acids is 1. The SMILES string of the molecule is CC(C)CCNc1nc(C(=O)OCc2nc(N)nc(Nc3ccc(F)cc3)n2)cs1. The molecule has 0 radical (unpaired) electrons. The van der Waals surface area contributed by atoms with Gasteiger partial charge in [-0.25, -0.2) is 14.2 Å². The largest absolute Gasteiger partial charge is 0.453 e. The highest BCUT2D eigenvalue weighted by Gasteiger charge is 2.14. The molecule has 1 aromatic carbocycles. The van der Waals surface area contributed by atoms with Crippen molar-refractivity contribution in [3.05, 3.63) is 47.0 Å². The van der Waals surface area contributed by atoms with Gasteiger partial charge in [-0.1, -0.05) is 13.8 Å². The maximum atomic E-state index is 13.0. The number of halogens is 1. The van der Waals surface area contributed by atoms with Gasteiger partial charge in [0.1, 0.15) is 5.82 Å². The highest BCUT2D eigenvalue weighted by atomic mass is 32.1. The van der Waals surface area contributed by atoms with Gasteiger partial charge in [-0.15, -0.1) is 11.3 Å².